The maximum atomic E-state index is 10.7. The summed E-state index contributed by atoms with van der Waals surface area (Å²) in [4.78, 5) is 10.7. The monoisotopic (exact) mass is 228 g/mol. The molecule has 1 aliphatic carbocycles. The normalized spacial score (nSPS) is 29.5. The molecule has 0 bridgehead atoms. The molecule has 0 aromatic rings. The molecule has 0 saturated heterocycles. The standard InChI is InChI=1S/C13H24O3/c1-13(2,3)10-6-4-5-9(7-8-10)11(14)12(15)16/h9-11,14H,4-8H2,1-3H3,(H,15,16). The molecule has 0 heterocycles. The minimum atomic E-state index is -1.17. The Bertz CT molecular complexity index is 242. The van der Waals surface area contributed by atoms with Crippen molar-refractivity contribution in [3.8, 4) is 0 Å². The van der Waals surface area contributed by atoms with Gasteiger partial charge in [-0.25, -0.2) is 4.79 Å². The van der Waals surface area contributed by atoms with Crippen LogP contribution >= 0.6 is 0 Å². The van der Waals surface area contributed by atoms with Gasteiger partial charge in [-0.15, -0.1) is 0 Å². The molecule has 0 aromatic carbocycles. The highest BCUT2D eigenvalue weighted by molar-refractivity contribution is 5.72. The second-order valence-corrected chi connectivity index (χ2v) is 6.11. The van der Waals surface area contributed by atoms with E-state index in [-0.39, 0.29) is 5.92 Å². The van der Waals surface area contributed by atoms with E-state index < -0.39 is 12.1 Å². The second kappa shape index (κ2) is 5.17. The predicted octanol–water partition coefficient (Wildman–Crippen LogP) is 2.67. The summed E-state index contributed by atoms with van der Waals surface area (Å²) < 4.78 is 0. The number of carbonyl (C=O) groups is 1. The molecule has 0 amide bonds. The highest BCUT2D eigenvalue weighted by atomic mass is 16.4. The summed E-state index contributed by atoms with van der Waals surface area (Å²) in [5.74, 6) is -0.470. The van der Waals surface area contributed by atoms with E-state index in [1.807, 2.05) is 0 Å². The quantitative estimate of drug-likeness (QED) is 0.714. The minimum absolute atomic E-state index is 0.0511. The summed E-state index contributed by atoms with van der Waals surface area (Å²) in [5, 5.41) is 18.4. The van der Waals surface area contributed by atoms with Gasteiger partial charge in [-0.2, -0.15) is 0 Å². The Balaban J connectivity index is 2.56. The van der Waals surface area contributed by atoms with E-state index in [9.17, 15) is 9.90 Å². The molecule has 0 aliphatic heterocycles. The first kappa shape index (κ1) is 13.5. The van der Waals surface area contributed by atoms with E-state index in [1.54, 1.807) is 0 Å². The highest BCUT2D eigenvalue weighted by Gasteiger charge is 2.32. The molecule has 1 fully saturated rings. The van der Waals surface area contributed by atoms with Crippen LogP contribution in [-0.4, -0.2) is 22.3 Å². The maximum Gasteiger partial charge on any atom is 0.332 e. The summed E-state index contributed by atoms with van der Waals surface area (Å²) in [6.45, 7) is 6.73. The summed E-state index contributed by atoms with van der Waals surface area (Å²) in [7, 11) is 0. The molecule has 3 nitrogen and oxygen atoms in total. The van der Waals surface area contributed by atoms with Crippen molar-refractivity contribution in [3.63, 3.8) is 0 Å². The molecule has 1 rings (SSSR count). The maximum absolute atomic E-state index is 10.7. The lowest BCUT2D eigenvalue weighted by atomic mass is 9.76. The molecule has 3 unspecified atom stereocenters. The van der Waals surface area contributed by atoms with Crippen LogP contribution in [0.15, 0.2) is 0 Å². The van der Waals surface area contributed by atoms with Crippen LogP contribution in [0.25, 0.3) is 0 Å². The molecule has 1 saturated carbocycles. The molecular formula is C13H24O3. The van der Waals surface area contributed by atoms with Crippen molar-refractivity contribution in [3.05, 3.63) is 0 Å². The van der Waals surface area contributed by atoms with Crippen molar-refractivity contribution in [1.29, 1.82) is 0 Å². The molecule has 3 heteroatoms. The smallest absolute Gasteiger partial charge is 0.332 e. The van der Waals surface area contributed by atoms with Crippen LogP contribution in [0, 0.1) is 17.3 Å². The molecule has 0 spiro atoms. The summed E-state index contributed by atoms with van der Waals surface area (Å²) in [5.41, 5.74) is 0.295. The second-order valence-electron chi connectivity index (χ2n) is 6.11. The third-order valence-electron chi connectivity index (χ3n) is 3.94. The summed E-state index contributed by atoms with van der Waals surface area (Å²) in [6, 6.07) is 0. The lowest BCUT2D eigenvalue weighted by molar-refractivity contribution is -0.149. The molecule has 94 valence electrons. The Hall–Kier alpha value is -0.570. The van der Waals surface area contributed by atoms with E-state index in [0.717, 1.165) is 32.1 Å². The first-order valence-electron chi connectivity index (χ1n) is 6.23. The average molecular weight is 228 g/mol. The van der Waals surface area contributed by atoms with Crippen LogP contribution in [0.3, 0.4) is 0 Å². The fourth-order valence-electron chi connectivity index (χ4n) is 2.71. The number of hydrogen-bond donors (Lipinski definition) is 2. The first-order valence-corrected chi connectivity index (χ1v) is 6.23. The number of aliphatic carboxylic acids is 1. The van der Waals surface area contributed by atoms with Gasteiger partial charge in [0.1, 0.15) is 0 Å². The van der Waals surface area contributed by atoms with Gasteiger partial charge in [0.2, 0.25) is 0 Å². The SMILES string of the molecule is CC(C)(C)C1CCCC(C(O)C(=O)O)CC1. The Morgan fingerprint density at radius 3 is 2.31 bits per heavy atom. The van der Waals surface area contributed by atoms with Gasteiger partial charge in [0, 0.05) is 0 Å². The van der Waals surface area contributed by atoms with E-state index in [1.165, 1.54) is 0 Å². The minimum Gasteiger partial charge on any atom is -0.479 e. The average Bonchev–Trinajstić information content (AvgIpc) is 2.40. The molecule has 0 aromatic heterocycles. The van der Waals surface area contributed by atoms with Gasteiger partial charge in [0.15, 0.2) is 6.10 Å². The Morgan fingerprint density at radius 2 is 1.81 bits per heavy atom. The van der Waals surface area contributed by atoms with Crippen molar-refractivity contribution in [2.45, 2.75) is 59.0 Å². The van der Waals surface area contributed by atoms with Crippen molar-refractivity contribution in [2.75, 3.05) is 0 Å². The number of carboxylic acids is 1. The van der Waals surface area contributed by atoms with Crippen molar-refractivity contribution in [2.24, 2.45) is 17.3 Å². The van der Waals surface area contributed by atoms with Gasteiger partial charge in [0.05, 0.1) is 0 Å². The van der Waals surface area contributed by atoms with Crippen molar-refractivity contribution >= 4 is 5.97 Å². The van der Waals surface area contributed by atoms with Crippen LogP contribution in [0.4, 0.5) is 0 Å². The van der Waals surface area contributed by atoms with E-state index >= 15 is 0 Å². The van der Waals surface area contributed by atoms with Crippen LogP contribution < -0.4 is 0 Å². The topological polar surface area (TPSA) is 57.5 Å². The summed E-state index contributed by atoms with van der Waals surface area (Å²) in [6.07, 6.45) is 3.76. The Labute approximate surface area is 97.9 Å². The van der Waals surface area contributed by atoms with Gasteiger partial charge < -0.3 is 10.2 Å². The molecule has 3 atom stereocenters. The zero-order chi connectivity index (χ0) is 12.3. The number of carboxylic acid groups (broad SMARTS) is 1. The highest BCUT2D eigenvalue weighted by Crippen LogP contribution is 2.39. The number of aliphatic hydroxyl groups excluding tert-OH is 1. The van der Waals surface area contributed by atoms with Gasteiger partial charge in [-0.3, -0.25) is 0 Å². The van der Waals surface area contributed by atoms with Crippen LogP contribution in [0.5, 0.6) is 0 Å². The van der Waals surface area contributed by atoms with Gasteiger partial charge in [-0.05, 0) is 42.9 Å². The van der Waals surface area contributed by atoms with Crippen LogP contribution in [0.2, 0.25) is 0 Å². The number of hydrogen-bond acceptors (Lipinski definition) is 2. The lowest BCUT2D eigenvalue weighted by Gasteiger charge is -2.29. The molecule has 0 radical (unpaired) electrons. The van der Waals surface area contributed by atoms with Crippen LogP contribution in [-0.2, 0) is 4.79 Å². The molecule has 16 heavy (non-hydrogen) atoms. The summed E-state index contributed by atoms with van der Waals surface area (Å²) >= 11 is 0. The van der Waals surface area contributed by atoms with Gasteiger partial charge >= 0.3 is 5.97 Å². The van der Waals surface area contributed by atoms with E-state index in [2.05, 4.69) is 20.8 Å². The third kappa shape index (κ3) is 3.48. The Kier molecular flexibility index (Phi) is 4.36. The largest absolute Gasteiger partial charge is 0.479 e. The predicted molar refractivity (Wildman–Crippen MR) is 63.2 cm³/mol. The fraction of sp³-hybridized carbons (Fsp3) is 0.923. The lowest BCUT2D eigenvalue weighted by Crippen LogP contribution is -2.29. The Morgan fingerprint density at radius 1 is 1.19 bits per heavy atom. The van der Waals surface area contributed by atoms with Crippen molar-refractivity contribution < 1.29 is 15.0 Å². The van der Waals surface area contributed by atoms with Crippen molar-refractivity contribution in [1.82, 2.24) is 0 Å². The van der Waals surface area contributed by atoms with E-state index in [4.69, 9.17) is 5.11 Å². The van der Waals surface area contributed by atoms with Gasteiger partial charge in [0.25, 0.3) is 0 Å². The van der Waals surface area contributed by atoms with Gasteiger partial charge in [-0.1, -0.05) is 27.2 Å². The van der Waals surface area contributed by atoms with E-state index in [0.29, 0.717) is 11.3 Å². The molecule has 2 N–H and O–H groups in total. The number of aliphatic hydroxyl groups is 1. The fourth-order valence-corrected chi connectivity index (χ4v) is 2.71. The third-order valence-corrected chi connectivity index (χ3v) is 3.94. The molecular weight excluding hydrogens is 204 g/mol. The first-order chi connectivity index (χ1) is 7.32. The number of rotatable bonds is 2. The van der Waals surface area contributed by atoms with Crippen LogP contribution in [0.1, 0.15) is 52.9 Å². The zero-order valence-electron chi connectivity index (χ0n) is 10.6. The molecule has 1 aliphatic rings. The zero-order valence-corrected chi connectivity index (χ0v) is 10.6.